The van der Waals surface area contributed by atoms with E-state index in [2.05, 4.69) is 15.3 Å². The maximum atomic E-state index is 11.1. The third kappa shape index (κ3) is 2.53. The summed E-state index contributed by atoms with van der Waals surface area (Å²) in [7, 11) is 0. The van der Waals surface area contributed by atoms with Gasteiger partial charge in [0.25, 0.3) is 0 Å². The molecule has 0 radical (unpaired) electrons. The fraction of sp³-hybridized carbons (Fsp3) is 0.636. The minimum Gasteiger partial charge on any atom is -0.450 e. The number of alkyl carbamates (subject to hydrolysis) is 1. The van der Waals surface area contributed by atoms with E-state index in [9.17, 15) is 4.79 Å². The number of nitrogens with one attached hydrogen (secondary N) is 2. The van der Waals surface area contributed by atoms with Crippen LogP contribution in [0.25, 0.3) is 0 Å². The average molecular weight is 223 g/mol. The topological polar surface area (TPSA) is 67.0 Å². The molecule has 0 saturated carbocycles. The molecule has 1 heterocycles. The van der Waals surface area contributed by atoms with Crippen molar-refractivity contribution in [2.75, 3.05) is 6.61 Å². The van der Waals surface area contributed by atoms with E-state index in [-0.39, 0.29) is 0 Å². The first kappa shape index (κ1) is 11.0. The van der Waals surface area contributed by atoms with Crippen molar-refractivity contribution in [3.8, 4) is 0 Å². The lowest BCUT2D eigenvalue weighted by Gasteiger charge is -2.07. The number of carbonyl (C=O) groups excluding carboxylic acids is 1. The van der Waals surface area contributed by atoms with Gasteiger partial charge in [-0.15, -0.1) is 0 Å². The molecule has 1 aromatic heterocycles. The number of nitrogens with zero attached hydrogens (tertiary/aromatic N) is 1. The predicted octanol–water partition coefficient (Wildman–Crippen LogP) is 1.53. The molecule has 1 aliphatic rings. The number of aromatic amines is 1. The van der Waals surface area contributed by atoms with E-state index < -0.39 is 6.09 Å². The van der Waals surface area contributed by atoms with Gasteiger partial charge in [0.15, 0.2) is 0 Å². The van der Waals surface area contributed by atoms with Crippen molar-refractivity contribution in [2.24, 2.45) is 0 Å². The van der Waals surface area contributed by atoms with E-state index in [1.807, 2.05) is 0 Å². The highest BCUT2D eigenvalue weighted by Crippen LogP contribution is 2.18. The summed E-state index contributed by atoms with van der Waals surface area (Å²) in [4.78, 5) is 18.8. The van der Waals surface area contributed by atoms with Gasteiger partial charge in [-0.1, -0.05) is 0 Å². The molecule has 2 N–H and O–H groups in total. The van der Waals surface area contributed by atoms with E-state index in [0.29, 0.717) is 13.2 Å². The number of hydrogen-bond acceptors (Lipinski definition) is 3. The van der Waals surface area contributed by atoms with Gasteiger partial charge in [0.2, 0.25) is 0 Å². The highest BCUT2D eigenvalue weighted by atomic mass is 16.5. The Morgan fingerprint density at radius 3 is 3.06 bits per heavy atom. The molecule has 1 aliphatic carbocycles. The van der Waals surface area contributed by atoms with Crippen LogP contribution in [0, 0.1) is 0 Å². The Morgan fingerprint density at radius 1 is 1.50 bits per heavy atom. The molecule has 0 saturated heterocycles. The number of aromatic nitrogens is 2. The highest BCUT2D eigenvalue weighted by molar-refractivity contribution is 5.66. The number of imidazole rings is 1. The molecular formula is C11H17N3O2. The summed E-state index contributed by atoms with van der Waals surface area (Å²) in [6, 6.07) is 0. The Hall–Kier alpha value is -1.52. The number of rotatable bonds is 3. The summed E-state index contributed by atoms with van der Waals surface area (Å²) in [6.45, 7) is 2.58. The molecule has 0 atom stereocenters. The molecule has 0 spiro atoms. The quantitative estimate of drug-likeness (QED) is 0.816. The number of H-pyrrole nitrogens is 1. The van der Waals surface area contributed by atoms with Crippen LogP contribution in [0.2, 0.25) is 0 Å². The molecule has 0 fully saturated rings. The SMILES string of the molecule is CCOC(=O)NCc1nc2c([nH]1)CCCC2. The Kier molecular flexibility index (Phi) is 3.44. The second-order valence-electron chi connectivity index (χ2n) is 3.89. The Labute approximate surface area is 94.6 Å². The molecule has 88 valence electrons. The summed E-state index contributed by atoms with van der Waals surface area (Å²) in [5.41, 5.74) is 2.39. The molecule has 0 bridgehead atoms. The first-order chi connectivity index (χ1) is 7.79. The van der Waals surface area contributed by atoms with E-state index in [1.54, 1.807) is 6.92 Å². The van der Waals surface area contributed by atoms with Crippen LogP contribution in [0.3, 0.4) is 0 Å². The number of fused-ring (bicyclic) bond motifs is 1. The standard InChI is InChI=1S/C11H17N3O2/c1-2-16-11(15)12-7-10-13-8-5-3-4-6-9(8)14-10/h2-7H2,1H3,(H,12,15)(H,13,14). The fourth-order valence-electron chi connectivity index (χ4n) is 1.93. The van der Waals surface area contributed by atoms with Crippen molar-refractivity contribution < 1.29 is 9.53 Å². The summed E-state index contributed by atoms with van der Waals surface area (Å²) < 4.78 is 4.77. The molecule has 2 rings (SSSR count). The summed E-state index contributed by atoms with van der Waals surface area (Å²) in [5, 5.41) is 2.65. The molecule has 5 heteroatoms. The van der Waals surface area contributed by atoms with Gasteiger partial charge in [0, 0.05) is 5.69 Å². The Balaban J connectivity index is 1.90. The van der Waals surface area contributed by atoms with E-state index in [0.717, 1.165) is 24.4 Å². The van der Waals surface area contributed by atoms with Crippen LogP contribution in [0.4, 0.5) is 4.79 Å². The maximum absolute atomic E-state index is 11.1. The van der Waals surface area contributed by atoms with Crippen molar-refractivity contribution >= 4 is 6.09 Å². The largest absolute Gasteiger partial charge is 0.450 e. The Morgan fingerprint density at radius 2 is 2.31 bits per heavy atom. The normalized spacial score (nSPS) is 14.3. The zero-order valence-electron chi connectivity index (χ0n) is 9.51. The Bertz CT molecular complexity index is 350. The van der Waals surface area contributed by atoms with E-state index in [1.165, 1.54) is 18.5 Å². The van der Waals surface area contributed by atoms with Gasteiger partial charge in [-0.25, -0.2) is 9.78 Å². The molecular weight excluding hydrogens is 206 g/mol. The molecule has 16 heavy (non-hydrogen) atoms. The van der Waals surface area contributed by atoms with Crippen LogP contribution in [-0.4, -0.2) is 22.7 Å². The number of hydrogen-bond donors (Lipinski definition) is 2. The van der Waals surface area contributed by atoms with Crippen LogP contribution in [0.15, 0.2) is 0 Å². The van der Waals surface area contributed by atoms with Crippen LogP contribution in [0.1, 0.15) is 37.0 Å². The molecule has 1 aromatic rings. The van der Waals surface area contributed by atoms with Crippen LogP contribution >= 0.6 is 0 Å². The van der Waals surface area contributed by atoms with E-state index in [4.69, 9.17) is 4.74 Å². The van der Waals surface area contributed by atoms with Gasteiger partial charge >= 0.3 is 6.09 Å². The van der Waals surface area contributed by atoms with Crippen LogP contribution in [-0.2, 0) is 24.1 Å². The zero-order valence-corrected chi connectivity index (χ0v) is 9.51. The van der Waals surface area contributed by atoms with E-state index >= 15 is 0 Å². The number of amides is 1. The van der Waals surface area contributed by atoms with Gasteiger partial charge in [-0.2, -0.15) is 0 Å². The lowest BCUT2D eigenvalue weighted by Crippen LogP contribution is -2.24. The first-order valence-electron chi connectivity index (χ1n) is 5.77. The van der Waals surface area contributed by atoms with Gasteiger partial charge in [0.05, 0.1) is 18.8 Å². The minimum absolute atomic E-state index is 0.389. The summed E-state index contributed by atoms with van der Waals surface area (Å²) in [5.74, 6) is 0.819. The lowest BCUT2D eigenvalue weighted by atomic mass is 10.0. The van der Waals surface area contributed by atoms with Crippen molar-refractivity contribution in [1.29, 1.82) is 0 Å². The molecule has 0 aromatic carbocycles. The van der Waals surface area contributed by atoms with Gasteiger partial charge < -0.3 is 15.0 Å². The monoisotopic (exact) mass is 223 g/mol. The first-order valence-corrected chi connectivity index (χ1v) is 5.77. The smallest absolute Gasteiger partial charge is 0.407 e. The van der Waals surface area contributed by atoms with Crippen molar-refractivity contribution in [3.05, 3.63) is 17.2 Å². The third-order valence-electron chi connectivity index (χ3n) is 2.68. The van der Waals surface area contributed by atoms with Crippen molar-refractivity contribution in [3.63, 3.8) is 0 Å². The number of ether oxygens (including phenoxy) is 1. The maximum Gasteiger partial charge on any atom is 0.407 e. The van der Waals surface area contributed by atoms with Crippen molar-refractivity contribution in [1.82, 2.24) is 15.3 Å². The number of carbonyl (C=O) groups is 1. The number of aryl methyl sites for hydroxylation is 2. The molecule has 5 nitrogen and oxygen atoms in total. The van der Waals surface area contributed by atoms with Crippen LogP contribution in [0.5, 0.6) is 0 Å². The predicted molar refractivity (Wildman–Crippen MR) is 59.1 cm³/mol. The van der Waals surface area contributed by atoms with Crippen LogP contribution < -0.4 is 5.32 Å². The minimum atomic E-state index is -0.392. The fourth-order valence-corrected chi connectivity index (χ4v) is 1.93. The van der Waals surface area contributed by atoms with Gasteiger partial charge in [0.1, 0.15) is 5.82 Å². The third-order valence-corrected chi connectivity index (χ3v) is 2.68. The lowest BCUT2D eigenvalue weighted by molar-refractivity contribution is 0.151. The summed E-state index contributed by atoms with van der Waals surface area (Å²) in [6.07, 6.45) is 4.16. The summed E-state index contributed by atoms with van der Waals surface area (Å²) >= 11 is 0. The second-order valence-corrected chi connectivity index (χ2v) is 3.89. The van der Waals surface area contributed by atoms with Crippen molar-refractivity contribution in [2.45, 2.75) is 39.2 Å². The average Bonchev–Trinajstić information content (AvgIpc) is 2.69. The zero-order chi connectivity index (χ0) is 11.4. The van der Waals surface area contributed by atoms with Gasteiger partial charge in [-0.05, 0) is 32.6 Å². The highest BCUT2D eigenvalue weighted by Gasteiger charge is 2.14. The second kappa shape index (κ2) is 5.01. The molecule has 1 amide bonds. The molecule has 0 unspecified atom stereocenters. The van der Waals surface area contributed by atoms with Gasteiger partial charge in [-0.3, -0.25) is 0 Å². The molecule has 0 aliphatic heterocycles.